The molecule has 1 aromatic carbocycles. The molecule has 0 saturated heterocycles. The van der Waals surface area contributed by atoms with E-state index in [1.165, 1.54) is 7.11 Å². The summed E-state index contributed by atoms with van der Waals surface area (Å²) < 4.78 is 4.53. The normalized spacial score (nSPS) is 19.4. The van der Waals surface area contributed by atoms with Crippen molar-refractivity contribution < 1.29 is 14.3 Å². The maximum atomic E-state index is 11.4. The maximum Gasteiger partial charge on any atom is 0.329 e. The van der Waals surface area contributed by atoms with Crippen molar-refractivity contribution in [2.75, 3.05) is 7.11 Å². The third-order valence-corrected chi connectivity index (χ3v) is 3.28. The van der Waals surface area contributed by atoms with Crippen LogP contribution in [-0.2, 0) is 14.3 Å². The van der Waals surface area contributed by atoms with Gasteiger partial charge in [-0.15, -0.1) is 0 Å². The van der Waals surface area contributed by atoms with E-state index in [0.29, 0.717) is 5.04 Å². The van der Waals surface area contributed by atoms with Gasteiger partial charge >= 0.3 is 5.97 Å². The number of esters is 1. The molecule has 0 fully saturated rings. The van der Waals surface area contributed by atoms with Crippen molar-refractivity contribution in [3.63, 3.8) is 0 Å². The Balaban J connectivity index is 2.20. The third kappa shape index (κ3) is 1.99. The van der Waals surface area contributed by atoms with Gasteiger partial charge in [0.25, 0.3) is 5.91 Å². The van der Waals surface area contributed by atoms with Crippen LogP contribution in [0.5, 0.6) is 0 Å². The molecule has 82 valence electrons. The van der Waals surface area contributed by atoms with E-state index >= 15 is 0 Å². The number of methoxy groups -OCH3 is 1. The zero-order chi connectivity index (χ0) is 11.5. The first kappa shape index (κ1) is 10.9. The molecular weight excluding hydrogens is 226 g/mol. The van der Waals surface area contributed by atoms with Crippen LogP contribution in [0.4, 0.5) is 0 Å². The lowest BCUT2D eigenvalue weighted by Gasteiger charge is -2.03. The molecule has 0 bridgehead atoms. The van der Waals surface area contributed by atoms with Crippen LogP contribution in [0.2, 0.25) is 0 Å². The van der Waals surface area contributed by atoms with Crippen LogP contribution in [0, 0.1) is 0 Å². The largest absolute Gasteiger partial charge is 0.468 e. The van der Waals surface area contributed by atoms with Gasteiger partial charge in [-0.05, 0) is 0 Å². The Morgan fingerprint density at radius 3 is 2.69 bits per heavy atom. The SMILES string of the molecule is COC(=O)C1SC(c2ccccc2)=NC1=O. The van der Waals surface area contributed by atoms with Crippen LogP contribution in [-0.4, -0.2) is 29.3 Å². The molecule has 1 amide bonds. The van der Waals surface area contributed by atoms with Crippen molar-refractivity contribution in [2.45, 2.75) is 5.25 Å². The standard InChI is InChI=1S/C11H9NO3S/c1-15-11(14)8-9(13)12-10(16-8)7-5-3-2-4-6-7/h2-6,8H,1H3. The van der Waals surface area contributed by atoms with Gasteiger partial charge in [-0.1, -0.05) is 42.1 Å². The minimum atomic E-state index is -0.847. The number of nitrogens with zero attached hydrogens (tertiary/aromatic N) is 1. The maximum absolute atomic E-state index is 11.4. The van der Waals surface area contributed by atoms with Gasteiger partial charge in [-0.2, -0.15) is 0 Å². The second-order valence-corrected chi connectivity index (χ2v) is 4.24. The Kier molecular flexibility index (Phi) is 3.05. The van der Waals surface area contributed by atoms with E-state index in [-0.39, 0.29) is 0 Å². The molecule has 2 rings (SSSR count). The lowest BCUT2D eigenvalue weighted by Crippen LogP contribution is -2.23. The van der Waals surface area contributed by atoms with Crippen molar-refractivity contribution in [1.82, 2.24) is 0 Å². The van der Waals surface area contributed by atoms with Gasteiger partial charge in [-0.3, -0.25) is 9.59 Å². The van der Waals surface area contributed by atoms with Crippen LogP contribution in [0.1, 0.15) is 5.56 Å². The van der Waals surface area contributed by atoms with E-state index in [0.717, 1.165) is 17.3 Å². The third-order valence-electron chi connectivity index (χ3n) is 2.10. The summed E-state index contributed by atoms with van der Waals surface area (Å²) in [6, 6.07) is 9.28. The first-order valence-electron chi connectivity index (χ1n) is 4.65. The quantitative estimate of drug-likeness (QED) is 0.572. The molecule has 5 heteroatoms. The summed E-state index contributed by atoms with van der Waals surface area (Å²) in [6.07, 6.45) is 0. The second kappa shape index (κ2) is 4.49. The minimum Gasteiger partial charge on any atom is -0.468 e. The van der Waals surface area contributed by atoms with Crippen molar-refractivity contribution in [1.29, 1.82) is 0 Å². The first-order chi connectivity index (χ1) is 7.72. The molecule has 1 aromatic rings. The number of hydrogen-bond donors (Lipinski definition) is 0. The summed E-state index contributed by atoms with van der Waals surface area (Å²) in [7, 11) is 1.26. The first-order valence-corrected chi connectivity index (χ1v) is 5.53. The van der Waals surface area contributed by atoms with Crippen LogP contribution in [0.3, 0.4) is 0 Å². The molecule has 0 radical (unpaired) electrons. The summed E-state index contributed by atoms with van der Waals surface area (Å²) in [6.45, 7) is 0. The number of aliphatic imine (C=N–C) groups is 1. The molecule has 4 nitrogen and oxygen atoms in total. The average molecular weight is 235 g/mol. The Labute approximate surface area is 96.7 Å². The highest BCUT2D eigenvalue weighted by molar-refractivity contribution is 8.16. The van der Waals surface area contributed by atoms with Gasteiger partial charge in [0.05, 0.1) is 7.11 Å². The highest BCUT2D eigenvalue weighted by atomic mass is 32.2. The number of thioether (sulfide) groups is 1. The smallest absolute Gasteiger partial charge is 0.329 e. The molecule has 1 atom stereocenters. The number of benzene rings is 1. The molecule has 0 aromatic heterocycles. The number of carbonyl (C=O) groups is 2. The predicted molar refractivity (Wildman–Crippen MR) is 61.4 cm³/mol. The van der Waals surface area contributed by atoms with Crippen LogP contribution < -0.4 is 0 Å². The van der Waals surface area contributed by atoms with Gasteiger partial charge in [0, 0.05) is 5.56 Å². The van der Waals surface area contributed by atoms with E-state index in [4.69, 9.17) is 0 Å². The fraction of sp³-hybridized carbons (Fsp3) is 0.182. The van der Waals surface area contributed by atoms with Crippen LogP contribution in [0.25, 0.3) is 0 Å². The fourth-order valence-corrected chi connectivity index (χ4v) is 2.30. The van der Waals surface area contributed by atoms with Gasteiger partial charge in [0.2, 0.25) is 0 Å². The molecule has 0 saturated carbocycles. The lowest BCUT2D eigenvalue weighted by atomic mass is 10.2. The molecule has 16 heavy (non-hydrogen) atoms. The lowest BCUT2D eigenvalue weighted by molar-refractivity contribution is -0.142. The van der Waals surface area contributed by atoms with Crippen molar-refractivity contribution in [3.05, 3.63) is 35.9 Å². The summed E-state index contributed by atoms with van der Waals surface area (Å²) in [5, 5.41) is -0.277. The molecule has 1 aliphatic rings. The molecule has 1 aliphatic heterocycles. The number of ether oxygens (including phenoxy) is 1. The van der Waals surface area contributed by atoms with Crippen LogP contribution in [0.15, 0.2) is 35.3 Å². The summed E-state index contributed by atoms with van der Waals surface area (Å²) >= 11 is 1.13. The van der Waals surface area contributed by atoms with Crippen molar-refractivity contribution in [2.24, 2.45) is 4.99 Å². The topological polar surface area (TPSA) is 55.7 Å². The van der Waals surface area contributed by atoms with Gasteiger partial charge in [-0.25, -0.2) is 4.99 Å². The summed E-state index contributed by atoms with van der Waals surface area (Å²) in [4.78, 5) is 26.6. The zero-order valence-corrected chi connectivity index (χ0v) is 9.36. The van der Waals surface area contributed by atoms with E-state index in [2.05, 4.69) is 9.73 Å². The average Bonchev–Trinajstić information content (AvgIpc) is 2.71. The molecule has 0 N–H and O–H groups in total. The molecular formula is C11H9NO3S. The molecule has 1 unspecified atom stereocenters. The molecule has 0 aliphatic carbocycles. The molecule has 0 spiro atoms. The van der Waals surface area contributed by atoms with E-state index in [1.54, 1.807) is 0 Å². The monoisotopic (exact) mass is 235 g/mol. The summed E-state index contributed by atoms with van der Waals surface area (Å²) in [5.74, 6) is -1.000. The zero-order valence-electron chi connectivity index (χ0n) is 8.54. The number of carbonyl (C=O) groups excluding carboxylic acids is 2. The van der Waals surface area contributed by atoms with E-state index < -0.39 is 17.1 Å². The highest BCUT2D eigenvalue weighted by Gasteiger charge is 2.35. The fourth-order valence-electron chi connectivity index (χ4n) is 1.32. The van der Waals surface area contributed by atoms with E-state index in [9.17, 15) is 9.59 Å². The number of hydrogen-bond acceptors (Lipinski definition) is 4. The summed E-state index contributed by atoms with van der Waals surface area (Å²) in [5.41, 5.74) is 0.840. The Morgan fingerprint density at radius 2 is 2.06 bits per heavy atom. The van der Waals surface area contributed by atoms with Gasteiger partial charge in [0.15, 0.2) is 5.25 Å². The van der Waals surface area contributed by atoms with Gasteiger partial charge in [0.1, 0.15) is 5.04 Å². The van der Waals surface area contributed by atoms with Crippen molar-refractivity contribution >= 4 is 28.7 Å². The minimum absolute atomic E-state index is 0.448. The number of rotatable bonds is 2. The Hall–Kier alpha value is -1.62. The number of amides is 1. The highest BCUT2D eigenvalue weighted by Crippen LogP contribution is 2.27. The van der Waals surface area contributed by atoms with Gasteiger partial charge < -0.3 is 4.74 Å². The van der Waals surface area contributed by atoms with Crippen LogP contribution >= 0.6 is 11.8 Å². The molecule has 1 heterocycles. The van der Waals surface area contributed by atoms with Crippen molar-refractivity contribution in [3.8, 4) is 0 Å². The Morgan fingerprint density at radius 1 is 1.38 bits per heavy atom. The Bertz CT molecular complexity index is 456. The predicted octanol–water partition coefficient (Wildman–Crippen LogP) is 1.25. The second-order valence-electron chi connectivity index (χ2n) is 3.14. The van der Waals surface area contributed by atoms with E-state index in [1.807, 2.05) is 30.3 Å².